The van der Waals surface area contributed by atoms with E-state index in [1.54, 1.807) is 0 Å². The Morgan fingerprint density at radius 1 is 1.40 bits per heavy atom. The third kappa shape index (κ3) is 3.21. The molecule has 112 valence electrons. The average molecular weight is 300 g/mol. The maximum atomic E-state index is 12.2. The molecule has 0 aliphatic heterocycles. The zero-order chi connectivity index (χ0) is 14.9. The zero-order valence-electron chi connectivity index (χ0n) is 11.6. The molecule has 6 nitrogen and oxygen atoms in total. The van der Waals surface area contributed by atoms with Crippen molar-refractivity contribution in [2.45, 2.75) is 44.0 Å². The van der Waals surface area contributed by atoms with Crippen LogP contribution >= 0.6 is 0 Å². The first-order valence-electron chi connectivity index (χ1n) is 6.73. The van der Waals surface area contributed by atoms with E-state index in [2.05, 4.69) is 16.6 Å². The number of rotatable bonds is 4. The largest absolute Gasteiger partial charge is 0.477 e. The van der Waals surface area contributed by atoms with Crippen molar-refractivity contribution in [3.63, 3.8) is 0 Å². The molecule has 3 atom stereocenters. The van der Waals surface area contributed by atoms with Gasteiger partial charge >= 0.3 is 5.97 Å². The van der Waals surface area contributed by atoms with Crippen molar-refractivity contribution in [2.24, 2.45) is 11.8 Å². The molecule has 20 heavy (non-hydrogen) atoms. The standard InChI is InChI=1S/C13H20N2O4S/c1-8-3-4-11(9(2)5-8)15-20(18,19)10-6-12(13(16)17)14-7-10/h6-9,11,14-15H,3-5H2,1-2H3,(H,16,17). The van der Waals surface area contributed by atoms with Gasteiger partial charge in [-0.05, 0) is 37.2 Å². The number of hydrogen-bond donors (Lipinski definition) is 3. The smallest absolute Gasteiger partial charge is 0.352 e. The van der Waals surface area contributed by atoms with E-state index in [9.17, 15) is 13.2 Å². The number of H-pyrrole nitrogens is 1. The molecular weight excluding hydrogens is 280 g/mol. The van der Waals surface area contributed by atoms with Gasteiger partial charge in [-0.2, -0.15) is 0 Å². The van der Waals surface area contributed by atoms with Crippen molar-refractivity contribution in [1.82, 2.24) is 9.71 Å². The van der Waals surface area contributed by atoms with E-state index in [1.807, 2.05) is 6.92 Å². The van der Waals surface area contributed by atoms with Gasteiger partial charge in [0.25, 0.3) is 0 Å². The highest BCUT2D eigenvalue weighted by Crippen LogP contribution is 2.29. The molecule has 0 saturated heterocycles. The molecule has 1 saturated carbocycles. The number of aromatic amines is 1. The molecule has 0 spiro atoms. The van der Waals surface area contributed by atoms with Crippen LogP contribution in [0.4, 0.5) is 0 Å². The highest BCUT2D eigenvalue weighted by molar-refractivity contribution is 7.89. The molecule has 1 aromatic heterocycles. The predicted molar refractivity (Wildman–Crippen MR) is 74.0 cm³/mol. The highest BCUT2D eigenvalue weighted by Gasteiger charge is 2.30. The lowest BCUT2D eigenvalue weighted by Crippen LogP contribution is -2.42. The lowest BCUT2D eigenvalue weighted by atomic mass is 9.80. The van der Waals surface area contributed by atoms with Crippen molar-refractivity contribution in [3.8, 4) is 0 Å². The van der Waals surface area contributed by atoms with Gasteiger partial charge in [0.2, 0.25) is 10.0 Å². The van der Waals surface area contributed by atoms with Crippen LogP contribution in [0, 0.1) is 11.8 Å². The summed E-state index contributed by atoms with van der Waals surface area (Å²) in [5.41, 5.74) is -0.129. The molecule has 0 bridgehead atoms. The summed E-state index contributed by atoms with van der Waals surface area (Å²) in [6.45, 7) is 4.22. The lowest BCUT2D eigenvalue weighted by Gasteiger charge is -2.32. The van der Waals surface area contributed by atoms with E-state index in [0.717, 1.165) is 25.3 Å². The van der Waals surface area contributed by atoms with Gasteiger partial charge in [-0.15, -0.1) is 0 Å². The third-order valence-corrected chi connectivity index (χ3v) is 5.40. The van der Waals surface area contributed by atoms with Crippen molar-refractivity contribution in [1.29, 1.82) is 0 Å². The van der Waals surface area contributed by atoms with E-state index >= 15 is 0 Å². The third-order valence-electron chi connectivity index (χ3n) is 3.94. The van der Waals surface area contributed by atoms with Gasteiger partial charge in [-0.3, -0.25) is 0 Å². The molecule has 3 unspecified atom stereocenters. The van der Waals surface area contributed by atoms with Gasteiger partial charge in [0.1, 0.15) is 10.6 Å². The maximum Gasteiger partial charge on any atom is 0.352 e. The first-order chi connectivity index (χ1) is 9.29. The molecule has 1 aliphatic carbocycles. The Morgan fingerprint density at radius 2 is 2.10 bits per heavy atom. The Bertz CT molecular complexity index is 593. The minimum Gasteiger partial charge on any atom is -0.477 e. The molecule has 7 heteroatoms. The summed E-state index contributed by atoms with van der Waals surface area (Å²) in [4.78, 5) is 13.2. The summed E-state index contributed by atoms with van der Waals surface area (Å²) in [7, 11) is -3.67. The first-order valence-corrected chi connectivity index (χ1v) is 8.22. The van der Waals surface area contributed by atoms with Crippen LogP contribution in [0.15, 0.2) is 17.2 Å². The molecule has 3 N–H and O–H groups in total. The molecule has 0 aromatic carbocycles. The summed E-state index contributed by atoms with van der Waals surface area (Å²) in [5.74, 6) is -0.269. The Labute approximate surface area is 118 Å². The fourth-order valence-corrected chi connectivity index (χ4v) is 4.13. The van der Waals surface area contributed by atoms with Crippen LogP contribution in [-0.2, 0) is 10.0 Å². The van der Waals surface area contributed by atoms with Crippen LogP contribution in [0.1, 0.15) is 43.6 Å². The van der Waals surface area contributed by atoms with Crippen LogP contribution in [-0.4, -0.2) is 30.5 Å². The second kappa shape index (κ2) is 5.57. The fourth-order valence-electron chi connectivity index (χ4n) is 2.76. The topological polar surface area (TPSA) is 99.3 Å². The van der Waals surface area contributed by atoms with Crippen LogP contribution < -0.4 is 4.72 Å². The Hall–Kier alpha value is -1.34. The van der Waals surface area contributed by atoms with Gasteiger partial charge in [-0.25, -0.2) is 17.9 Å². The van der Waals surface area contributed by atoms with Crippen molar-refractivity contribution < 1.29 is 18.3 Å². The van der Waals surface area contributed by atoms with Gasteiger partial charge in [0.05, 0.1) is 0 Å². The molecule has 2 rings (SSSR count). The van der Waals surface area contributed by atoms with Gasteiger partial charge < -0.3 is 10.1 Å². The molecule has 1 aliphatic rings. The summed E-state index contributed by atoms with van der Waals surface area (Å²) in [5, 5.41) is 8.81. The summed E-state index contributed by atoms with van der Waals surface area (Å²) in [6, 6.07) is 1.06. The summed E-state index contributed by atoms with van der Waals surface area (Å²) >= 11 is 0. The SMILES string of the molecule is CC1CCC(NS(=O)(=O)c2c[nH]c(C(=O)O)c2)C(C)C1. The maximum absolute atomic E-state index is 12.2. The van der Waals surface area contributed by atoms with Crippen LogP contribution in [0.2, 0.25) is 0 Å². The minimum absolute atomic E-state index is 0.0271. The second-order valence-corrected chi connectivity index (χ2v) is 7.39. The molecular formula is C13H20N2O4S. The number of carboxylic acid groups (broad SMARTS) is 1. The van der Waals surface area contributed by atoms with Gasteiger partial charge in [-0.1, -0.05) is 13.8 Å². The molecule has 1 aromatic rings. The normalized spacial score (nSPS) is 27.4. The minimum atomic E-state index is -3.67. The predicted octanol–water partition coefficient (Wildman–Crippen LogP) is 1.82. The number of hydrogen-bond acceptors (Lipinski definition) is 3. The molecule has 0 amide bonds. The van der Waals surface area contributed by atoms with E-state index in [4.69, 9.17) is 5.11 Å². The van der Waals surface area contributed by atoms with Crippen molar-refractivity contribution in [2.75, 3.05) is 0 Å². The number of carbonyl (C=O) groups is 1. The average Bonchev–Trinajstić information content (AvgIpc) is 2.83. The van der Waals surface area contributed by atoms with E-state index in [1.165, 1.54) is 6.20 Å². The monoisotopic (exact) mass is 300 g/mol. The Balaban J connectivity index is 2.12. The van der Waals surface area contributed by atoms with Crippen LogP contribution in [0.25, 0.3) is 0 Å². The number of aromatic carboxylic acids is 1. The van der Waals surface area contributed by atoms with E-state index in [0.29, 0.717) is 5.92 Å². The zero-order valence-corrected chi connectivity index (χ0v) is 12.4. The van der Waals surface area contributed by atoms with Gasteiger partial charge in [0, 0.05) is 12.2 Å². The Morgan fingerprint density at radius 3 is 2.65 bits per heavy atom. The van der Waals surface area contributed by atoms with E-state index < -0.39 is 16.0 Å². The van der Waals surface area contributed by atoms with Crippen LogP contribution in [0.5, 0.6) is 0 Å². The van der Waals surface area contributed by atoms with E-state index in [-0.39, 0.29) is 22.5 Å². The quantitative estimate of drug-likeness (QED) is 0.789. The lowest BCUT2D eigenvalue weighted by molar-refractivity contribution is 0.0691. The first kappa shape index (κ1) is 15.1. The van der Waals surface area contributed by atoms with Crippen LogP contribution in [0.3, 0.4) is 0 Å². The molecule has 0 radical (unpaired) electrons. The Kier molecular flexibility index (Phi) is 4.19. The number of nitrogens with one attached hydrogen (secondary N) is 2. The summed E-state index contributed by atoms with van der Waals surface area (Å²) in [6.07, 6.45) is 4.03. The summed E-state index contributed by atoms with van der Waals surface area (Å²) < 4.78 is 27.2. The highest BCUT2D eigenvalue weighted by atomic mass is 32.2. The number of carboxylic acids is 1. The fraction of sp³-hybridized carbons (Fsp3) is 0.615. The van der Waals surface area contributed by atoms with Gasteiger partial charge in [0.15, 0.2) is 0 Å². The molecule has 1 fully saturated rings. The second-order valence-electron chi connectivity index (χ2n) is 5.68. The molecule has 1 heterocycles. The van der Waals surface area contributed by atoms with Crippen molar-refractivity contribution >= 4 is 16.0 Å². The van der Waals surface area contributed by atoms with Crippen molar-refractivity contribution in [3.05, 3.63) is 18.0 Å². The number of aromatic nitrogens is 1. The number of sulfonamides is 1.